The highest BCUT2D eigenvalue weighted by molar-refractivity contribution is 5.56. The number of anilines is 1. The molecule has 0 atom stereocenters. The molecule has 0 aliphatic heterocycles. The van der Waals surface area contributed by atoms with Gasteiger partial charge in [0, 0.05) is 24.2 Å². The van der Waals surface area contributed by atoms with Gasteiger partial charge in [-0.15, -0.1) is 0 Å². The van der Waals surface area contributed by atoms with Crippen molar-refractivity contribution >= 4 is 11.5 Å². The molecule has 0 bridgehead atoms. The Labute approximate surface area is 118 Å². The Bertz CT molecular complexity index is 485. The summed E-state index contributed by atoms with van der Waals surface area (Å²) in [6.07, 6.45) is 6.93. The maximum Gasteiger partial charge on any atom is 0.311 e. The molecule has 0 radical (unpaired) electrons. The Balaban J connectivity index is 2.11. The predicted octanol–water partition coefficient (Wildman–Crippen LogP) is 2.65. The van der Waals surface area contributed by atoms with Gasteiger partial charge in [0.15, 0.2) is 0 Å². The molecule has 1 aromatic heterocycles. The Kier molecular flexibility index (Phi) is 4.54. The van der Waals surface area contributed by atoms with Crippen molar-refractivity contribution in [2.45, 2.75) is 39.0 Å². The molecular weight excluding hydrogens is 258 g/mol. The fourth-order valence-corrected chi connectivity index (χ4v) is 2.79. The second-order valence-corrected chi connectivity index (χ2v) is 5.71. The van der Waals surface area contributed by atoms with E-state index in [-0.39, 0.29) is 17.7 Å². The highest BCUT2D eigenvalue weighted by Crippen LogP contribution is 2.36. The number of nitrogens with one attached hydrogen (secondary N) is 1. The highest BCUT2D eigenvalue weighted by Gasteiger charge is 2.32. The number of aryl methyl sites for hydroxylation is 1. The summed E-state index contributed by atoms with van der Waals surface area (Å²) in [4.78, 5) is 14.7. The Morgan fingerprint density at radius 1 is 1.45 bits per heavy atom. The van der Waals surface area contributed by atoms with Crippen molar-refractivity contribution in [3.05, 3.63) is 27.9 Å². The van der Waals surface area contributed by atoms with E-state index in [4.69, 9.17) is 0 Å². The monoisotopic (exact) mass is 279 g/mol. The molecule has 1 aliphatic carbocycles. The van der Waals surface area contributed by atoms with E-state index in [0.717, 1.165) is 31.2 Å². The SMILES string of the molecule is Cc1cnc(NCC2(CO)CCCCC2)c([N+](=O)[O-])c1. The van der Waals surface area contributed by atoms with Crippen LogP contribution in [-0.4, -0.2) is 28.2 Å². The fourth-order valence-electron chi connectivity index (χ4n) is 2.79. The van der Waals surface area contributed by atoms with E-state index >= 15 is 0 Å². The molecule has 1 fully saturated rings. The number of aliphatic hydroxyl groups is 1. The van der Waals surface area contributed by atoms with Crippen LogP contribution in [0.25, 0.3) is 0 Å². The van der Waals surface area contributed by atoms with Gasteiger partial charge in [0.05, 0.1) is 11.5 Å². The smallest absolute Gasteiger partial charge is 0.311 e. The van der Waals surface area contributed by atoms with Gasteiger partial charge in [-0.25, -0.2) is 4.98 Å². The van der Waals surface area contributed by atoms with Crippen LogP contribution in [0, 0.1) is 22.5 Å². The van der Waals surface area contributed by atoms with Gasteiger partial charge in [-0.3, -0.25) is 10.1 Å². The number of hydrogen-bond donors (Lipinski definition) is 2. The molecule has 1 heterocycles. The van der Waals surface area contributed by atoms with Crippen LogP contribution in [0.1, 0.15) is 37.7 Å². The maximum absolute atomic E-state index is 11.1. The van der Waals surface area contributed by atoms with E-state index in [1.54, 1.807) is 13.1 Å². The van der Waals surface area contributed by atoms with Crippen LogP contribution < -0.4 is 5.32 Å². The number of nitrogens with zero attached hydrogens (tertiary/aromatic N) is 2. The van der Waals surface area contributed by atoms with Crippen LogP contribution in [0.15, 0.2) is 12.3 Å². The van der Waals surface area contributed by atoms with Gasteiger partial charge in [-0.2, -0.15) is 0 Å². The first-order chi connectivity index (χ1) is 9.56. The summed E-state index contributed by atoms with van der Waals surface area (Å²) < 4.78 is 0. The molecule has 6 heteroatoms. The van der Waals surface area contributed by atoms with Gasteiger partial charge in [0.2, 0.25) is 5.82 Å². The lowest BCUT2D eigenvalue weighted by atomic mass is 9.74. The zero-order valence-corrected chi connectivity index (χ0v) is 11.8. The second-order valence-electron chi connectivity index (χ2n) is 5.71. The number of hydrogen-bond acceptors (Lipinski definition) is 5. The molecule has 1 aromatic rings. The molecule has 0 spiro atoms. The van der Waals surface area contributed by atoms with E-state index in [2.05, 4.69) is 10.3 Å². The fraction of sp³-hybridized carbons (Fsp3) is 0.643. The number of nitro groups is 1. The molecule has 6 nitrogen and oxygen atoms in total. The Morgan fingerprint density at radius 3 is 2.75 bits per heavy atom. The van der Waals surface area contributed by atoms with Gasteiger partial charge < -0.3 is 10.4 Å². The van der Waals surface area contributed by atoms with E-state index in [1.165, 1.54) is 12.5 Å². The molecule has 0 saturated heterocycles. The summed E-state index contributed by atoms with van der Waals surface area (Å²) >= 11 is 0. The summed E-state index contributed by atoms with van der Waals surface area (Å²) in [6.45, 7) is 2.42. The Hall–Kier alpha value is -1.69. The number of pyridine rings is 1. The van der Waals surface area contributed by atoms with Crippen molar-refractivity contribution < 1.29 is 10.0 Å². The molecule has 0 amide bonds. The molecule has 0 aromatic carbocycles. The first kappa shape index (κ1) is 14.7. The molecule has 2 rings (SSSR count). The molecule has 1 aliphatic rings. The quantitative estimate of drug-likeness (QED) is 0.639. The van der Waals surface area contributed by atoms with Crippen LogP contribution >= 0.6 is 0 Å². The third kappa shape index (κ3) is 3.25. The first-order valence-corrected chi connectivity index (χ1v) is 7.02. The van der Waals surface area contributed by atoms with Crippen molar-refractivity contribution in [1.82, 2.24) is 4.98 Å². The van der Waals surface area contributed by atoms with E-state index in [0.29, 0.717) is 12.4 Å². The zero-order chi connectivity index (χ0) is 14.6. The highest BCUT2D eigenvalue weighted by atomic mass is 16.6. The maximum atomic E-state index is 11.1. The van der Waals surface area contributed by atoms with E-state index in [1.807, 2.05) is 0 Å². The van der Waals surface area contributed by atoms with Crippen molar-refractivity contribution in [2.24, 2.45) is 5.41 Å². The van der Waals surface area contributed by atoms with Gasteiger partial charge in [0.25, 0.3) is 0 Å². The van der Waals surface area contributed by atoms with E-state index in [9.17, 15) is 15.2 Å². The summed E-state index contributed by atoms with van der Waals surface area (Å²) in [7, 11) is 0. The molecule has 110 valence electrons. The van der Waals surface area contributed by atoms with Gasteiger partial charge in [-0.05, 0) is 25.3 Å². The van der Waals surface area contributed by atoms with Crippen LogP contribution in [0.5, 0.6) is 0 Å². The lowest BCUT2D eigenvalue weighted by Gasteiger charge is -2.35. The lowest BCUT2D eigenvalue weighted by molar-refractivity contribution is -0.384. The topological polar surface area (TPSA) is 88.3 Å². The standard InChI is InChI=1S/C14H21N3O3/c1-11-7-12(17(19)20)13(15-8-11)16-9-14(10-18)5-3-2-4-6-14/h7-8,18H,2-6,9-10H2,1H3,(H,15,16). The molecule has 2 N–H and O–H groups in total. The van der Waals surface area contributed by atoms with Crippen molar-refractivity contribution in [3.8, 4) is 0 Å². The van der Waals surface area contributed by atoms with Gasteiger partial charge >= 0.3 is 5.69 Å². The van der Waals surface area contributed by atoms with Crippen molar-refractivity contribution in [2.75, 3.05) is 18.5 Å². The third-order valence-electron chi connectivity index (χ3n) is 4.08. The van der Waals surface area contributed by atoms with Gasteiger partial charge in [0.1, 0.15) is 0 Å². The first-order valence-electron chi connectivity index (χ1n) is 7.02. The van der Waals surface area contributed by atoms with Gasteiger partial charge in [-0.1, -0.05) is 19.3 Å². The van der Waals surface area contributed by atoms with Crippen LogP contribution in [0.3, 0.4) is 0 Å². The molecular formula is C14H21N3O3. The minimum Gasteiger partial charge on any atom is -0.396 e. The summed E-state index contributed by atoms with van der Waals surface area (Å²) in [6, 6.07) is 1.52. The van der Waals surface area contributed by atoms with Crippen LogP contribution in [0.4, 0.5) is 11.5 Å². The van der Waals surface area contributed by atoms with E-state index < -0.39 is 4.92 Å². The zero-order valence-electron chi connectivity index (χ0n) is 11.8. The van der Waals surface area contributed by atoms with Crippen molar-refractivity contribution in [3.63, 3.8) is 0 Å². The lowest BCUT2D eigenvalue weighted by Crippen LogP contribution is -2.35. The number of aromatic nitrogens is 1. The summed E-state index contributed by atoms with van der Waals surface area (Å²) in [5.74, 6) is 0.291. The molecule has 0 unspecified atom stereocenters. The van der Waals surface area contributed by atoms with Crippen LogP contribution in [-0.2, 0) is 0 Å². The third-order valence-corrected chi connectivity index (χ3v) is 4.08. The number of aliphatic hydroxyl groups excluding tert-OH is 1. The normalized spacial score (nSPS) is 17.7. The minimum atomic E-state index is -0.422. The predicted molar refractivity (Wildman–Crippen MR) is 76.7 cm³/mol. The minimum absolute atomic E-state index is 0.00565. The average molecular weight is 279 g/mol. The molecule has 1 saturated carbocycles. The molecule has 20 heavy (non-hydrogen) atoms. The second kappa shape index (κ2) is 6.17. The summed E-state index contributed by atoms with van der Waals surface area (Å²) in [5, 5.41) is 23.8. The number of rotatable bonds is 5. The largest absolute Gasteiger partial charge is 0.396 e. The summed E-state index contributed by atoms with van der Waals surface area (Å²) in [5.41, 5.74) is 0.587. The van der Waals surface area contributed by atoms with Crippen molar-refractivity contribution in [1.29, 1.82) is 0 Å². The Morgan fingerprint density at radius 2 is 2.15 bits per heavy atom. The van der Waals surface area contributed by atoms with Crippen LogP contribution in [0.2, 0.25) is 0 Å². The average Bonchev–Trinajstić information content (AvgIpc) is 2.47.